The second kappa shape index (κ2) is 9.15. The number of nitrogens with zero attached hydrogens (tertiary/aromatic N) is 1. The van der Waals surface area contributed by atoms with E-state index in [0.717, 1.165) is 19.0 Å². The van der Waals surface area contributed by atoms with Crippen LogP contribution in [0.25, 0.3) is 0 Å². The number of hydrogen-bond acceptors (Lipinski definition) is 2. The van der Waals surface area contributed by atoms with E-state index in [-0.39, 0.29) is 0 Å². The molecule has 0 saturated carbocycles. The summed E-state index contributed by atoms with van der Waals surface area (Å²) in [7, 11) is 2.07. The molecule has 0 heterocycles. The van der Waals surface area contributed by atoms with Crippen molar-refractivity contribution in [3.05, 3.63) is 35.4 Å². The van der Waals surface area contributed by atoms with Crippen LogP contribution < -0.4 is 5.32 Å². The van der Waals surface area contributed by atoms with E-state index in [4.69, 9.17) is 0 Å². The second-order valence-corrected chi connectivity index (χ2v) is 5.73. The van der Waals surface area contributed by atoms with Crippen LogP contribution >= 0.6 is 0 Å². The molecule has 1 rings (SSSR count). The van der Waals surface area contributed by atoms with Crippen molar-refractivity contribution in [1.29, 1.82) is 0 Å². The number of likely N-dealkylation sites (N-methyl/N-ethyl adjacent to an activating group) is 2. The SMILES string of the molecule is CCC(CC)CN(CC)CC(NC)c1ccccc1C. The number of nitrogens with one attached hydrogen (secondary N) is 1. The van der Waals surface area contributed by atoms with Gasteiger partial charge in [-0.3, -0.25) is 0 Å². The van der Waals surface area contributed by atoms with Gasteiger partial charge in [0.1, 0.15) is 0 Å². The Hall–Kier alpha value is -0.860. The Kier molecular flexibility index (Phi) is 7.86. The van der Waals surface area contributed by atoms with Crippen molar-refractivity contribution in [3.8, 4) is 0 Å². The normalized spacial score (nSPS) is 13.2. The van der Waals surface area contributed by atoms with Crippen LogP contribution in [0.3, 0.4) is 0 Å². The van der Waals surface area contributed by atoms with E-state index in [2.05, 4.69) is 69.2 Å². The topological polar surface area (TPSA) is 15.3 Å². The highest BCUT2D eigenvalue weighted by atomic mass is 15.1. The minimum Gasteiger partial charge on any atom is -0.312 e. The summed E-state index contributed by atoms with van der Waals surface area (Å²) in [6, 6.07) is 9.14. The zero-order chi connectivity index (χ0) is 15.0. The van der Waals surface area contributed by atoms with Crippen LogP contribution in [0.1, 0.15) is 50.8 Å². The van der Waals surface area contributed by atoms with Crippen LogP contribution in [0.5, 0.6) is 0 Å². The van der Waals surface area contributed by atoms with Crippen LogP contribution in [0.2, 0.25) is 0 Å². The highest BCUT2D eigenvalue weighted by Crippen LogP contribution is 2.19. The Morgan fingerprint density at radius 2 is 1.70 bits per heavy atom. The van der Waals surface area contributed by atoms with Crippen molar-refractivity contribution < 1.29 is 0 Å². The standard InChI is InChI=1S/C18H32N2/c1-6-16(7-2)13-20(8-3)14-18(19-5)17-12-10-9-11-15(17)4/h9-12,16,18-19H,6-8,13-14H2,1-5H3. The number of benzene rings is 1. The molecule has 1 unspecified atom stereocenters. The van der Waals surface area contributed by atoms with Crippen LogP contribution in [-0.2, 0) is 0 Å². The molecule has 0 aliphatic rings. The molecule has 2 nitrogen and oxygen atoms in total. The molecule has 0 aliphatic heterocycles. The average Bonchev–Trinajstić information content (AvgIpc) is 2.49. The lowest BCUT2D eigenvalue weighted by molar-refractivity contribution is 0.213. The van der Waals surface area contributed by atoms with E-state index in [9.17, 15) is 0 Å². The summed E-state index contributed by atoms with van der Waals surface area (Å²) in [4.78, 5) is 2.59. The van der Waals surface area contributed by atoms with Crippen molar-refractivity contribution in [3.63, 3.8) is 0 Å². The van der Waals surface area contributed by atoms with Gasteiger partial charge in [0.2, 0.25) is 0 Å². The zero-order valence-electron chi connectivity index (χ0n) is 13.9. The first-order valence-corrected chi connectivity index (χ1v) is 8.11. The predicted molar refractivity (Wildman–Crippen MR) is 89.2 cm³/mol. The number of rotatable bonds is 9. The fourth-order valence-electron chi connectivity index (χ4n) is 2.83. The van der Waals surface area contributed by atoms with Gasteiger partial charge in [0.25, 0.3) is 0 Å². The lowest BCUT2D eigenvalue weighted by Gasteiger charge is -2.30. The molecule has 1 N–H and O–H groups in total. The van der Waals surface area contributed by atoms with Gasteiger partial charge >= 0.3 is 0 Å². The van der Waals surface area contributed by atoms with Gasteiger partial charge in [-0.15, -0.1) is 0 Å². The van der Waals surface area contributed by atoms with E-state index in [0.29, 0.717) is 6.04 Å². The summed E-state index contributed by atoms with van der Waals surface area (Å²) in [5.41, 5.74) is 2.81. The quantitative estimate of drug-likeness (QED) is 0.733. The first kappa shape index (κ1) is 17.2. The van der Waals surface area contributed by atoms with Gasteiger partial charge < -0.3 is 10.2 Å². The third kappa shape index (κ3) is 4.92. The Morgan fingerprint density at radius 1 is 1.05 bits per heavy atom. The molecule has 1 aromatic rings. The van der Waals surface area contributed by atoms with Crippen molar-refractivity contribution in [2.45, 2.75) is 46.6 Å². The van der Waals surface area contributed by atoms with Gasteiger partial charge in [-0.2, -0.15) is 0 Å². The van der Waals surface area contributed by atoms with Crippen LogP contribution in [-0.4, -0.2) is 31.6 Å². The third-order valence-electron chi connectivity index (χ3n) is 4.47. The molecule has 0 spiro atoms. The number of hydrogen-bond donors (Lipinski definition) is 1. The lowest BCUT2D eigenvalue weighted by atomic mass is 9.99. The fraction of sp³-hybridized carbons (Fsp3) is 0.667. The zero-order valence-corrected chi connectivity index (χ0v) is 13.9. The van der Waals surface area contributed by atoms with Crippen molar-refractivity contribution in [1.82, 2.24) is 10.2 Å². The van der Waals surface area contributed by atoms with E-state index < -0.39 is 0 Å². The second-order valence-electron chi connectivity index (χ2n) is 5.73. The molecule has 20 heavy (non-hydrogen) atoms. The van der Waals surface area contributed by atoms with Crippen molar-refractivity contribution in [2.24, 2.45) is 5.92 Å². The van der Waals surface area contributed by atoms with Gasteiger partial charge in [0.05, 0.1) is 0 Å². The molecule has 1 aromatic carbocycles. The van der Waals surface area contributed by atoms with E-state index >= 15 is 0 Å². The minimum absolute atomic E-state index is 0.422. The third-order valence-corrected chi connectivity index (χ3v) is 4.47. The molecule has 0 aromatic heterocycles. The van der Waals surface area contributed by atoms with Gasteiger partial charge in [0.15, 0.2) is 0 Å². The molecular weight excluding hydrogens is 244 g/mol. The summed E-state index contributed by atoms with van der Waals surface area (Å²) < 4.78 is 0. The molecule has 0 radical (unpaired) electrons. The Morgan fingerprint density at radius 3 is 2.20 bits per heavy atom. The van der Waals surface area contributed by atoms with Crippen molar-refractivity contribution >= 4 is 0 Å². The maximum absolute atomic E-state index is 3.49. The maximum Gasteiger partial charge on any atom is 0.0449 e. The van der Waals surface area contributed by atoms with E-state index in [1.165, 1.54) is 30.5 Å². The van der Waals surface area contributed by atoms with Crippen LogP contribution in [0, 0.1) is 12.8 Å². The maximum atomic E-state index is 3.49. The van der Waals surface area contributed by atoms with Gasteiger partial charge in [-0.25, -0.2) is 0 Å². The monoisotopic (exact) mass is 276 g/mol. The first-order valence-electron chi connectivity index (χ1n) is 8.11. The highest BCUT2D eigenvalue weighted by Gasteiger charge is 2.17. The summed E-state index contributed by atoms with van der Waals surface area (Å²) in [5, 5.41) is 3.49. The van der Waals surface area contributed by atoms with Gasteiger partial charge in [-0.05, 0) is 37.6 Å². The highest BCUT2D eigenvalue weighted by molar-refractivity contribution is 5.28. The van der Waals surface area contributed by atoms with Gasteiger partial charge in [0, 0.05) is 19.1 Å². The minimum atomic E-state index is 0.422. The summed E-state index contributed by atoms with van der Waals surface area (Å²) in [6.45, 7) is 12.5. The molecule has 0 fully saturated rings. The average molecular weight is 276 g/mol. The predicted octanol–water partition coefficient (Wildman–Crippen LogP) is 4.01. The Balaban J connectivity index is 2.73. The molecular formula is C18H32N2. The van der Waals surface area contributed by atoms with Gasteiger partial charge in [-0.1, -0.05) is 57.9 Å². The number of aryl methyl sites for hydroxylation is 1. The fourth-order valence-corrected chi connectivity index (χ4v) is 2.83. The first-order chi connectivity index (χ1) is 9.65. The molecule has 0 bridgehead atoms. The van der Waals surface area contributed by atoms with E-state index in [1.807, 2.05) is 0 Å². The Bertz CT molecular complexity index is 371. The molecule has 0 saturated heterocycles. The summed E-state index contributed by atoms with van der Waals surface area (Å²) in [5.74, 6) is 0.823. The van der Waals surface area contributed by atoms with Crippen LogP contribution in [0.15, 0.2) is 24.3 Å². The lowest BCUT2D eigenvalue weighted by Crippen LogP contribution is -2.37. The molecule has 2 heteroatoms. The summed E-state index contributed by atoms with van der Waals surface area (Å²) in [6.07, 6.45) is 2.56. The van der Waals surface area contributed by atoms with Crippen molar-refractivity contribution in [2.75, 3.05) is 26.7 Å². The molecule has 114 valence electrons. The molecule has 1 atom stereocenters. The molecule has 0 amide bonds. The van der Waals surface area contributed by atoms with E-state index in [1.54, 1.807) is 0 Å². The molecule has 0 aliphatic carbocycles. The largest absolute Gasteiger partial charge is 0.312 e. The smallest absolute Gasteiger partial charge is 0.0449 e. The summed E-state index contributed by atoms with van der Waals surface area (Å²) >= 11 is 0. The Labute approximate surface area is 125 Å². The van der Waals surface area contributed by atoms with Crippen LogP contribution in [0.4, 0.5) is 0 Å².